The Bertz CT molecular complexity index is 138. The average molecular weight is 185 g/mol. The van der Waals surface area contributed by atoms with Crippen LogP contribution in [0.25, 0.3) is 0 Å². The van der Waals surface area contributed by atoms with Crippen molar-refractivity contribution in [2.45, 2.75) is 27.7 Å². The Morgan fingerprint density at radius 2 is 1.50 bits per heavy atom. The molecule has 0 aromatic rings. The van der Waals surface area contributed by atoms with Crippen LogP contribution in [0.15, 0.2) is 11.3 Å². The predicted octanol–water partition coefficient (Wildman–Crippen LogP) is 1.83. The first-order valence-corrected chi connectivity index (χ1v) is 6.24. The summed E-state index contributed by atoms with van der Waals surface area (Å²) in [5.74, 6) is 1.44. The number of hydrogen-bond acceptors (Lipinski definition) is 1. The molecule has 0 unspecified atom stereocenters. The molecule has 0 aliphatic rings. The van der Waals surface area contributed by atoms with Gasteiger partial charge in [-0.05, 0) is 25.9 Å². The van der Waals surface area contributed by atoms with Gasteiger partial charge in [0.05, 0.1) is 0 Å². The van der Waals surface area contributed by atoms with Crippen molar-refractivity contribution in [2.24, 2.45) is 11.8 Å². The smallest absolute Gasteiger partial charge is 0.119 e. The van der Waals surface area contributed by atoms with E-state index in [4.69, 9.17) is 0 Å². The highest BCUT2D eigenvalue weighted by molar-refractivity contribution is 6.38. The van der Waals surface area contributed by atoms with Crippen molar-refractivity contribution >= 4 is 9.68 Å². The van der Waals surface area contributed by atoms with E-state index in [9.17, 15) is 0 Å². The Morgan fingerprint density at radius 1 is 1.08 bits per heavy atom. The van der Waals surface area contributed by atoms with Gasteiger partial charge in [0.1, 0.15) is 9.68 Å². The van der Waals surface area contributed by atoms with Gasteiger partial charge < -0.3 is 4.57 Å². The van der Waals surface area contributed by atoms with Gasteiger partial charge in [-0.15, -0.1) is 0 Å². The van der Waals surface area contributed by atoms with E-state index in [1.165, 1.54) is 0 Å². The fourth-order valence-electron chi connectivity index (χ4n) is 1.43. The molecule has 0 atom stereocenters. The second kappa shape index (κ2) is 5.54. The molecule has 0 saturated carbocycles. The van der Waals surface area contributed by atoms with E-state index < -0.39 is 0 Å². The summed E-state index contributed by atoms with van der Waals surface area (Å²) in [4.78, 5) is 0. The van der Waals surface area contributed by atoms with E-state index in [1.807, 2.05) is 0 Å². The maximum atomic E-state index is 2.50. The third-order valence-electron chi connectivity index (χ3n) is 2.03. The SMILES string of the molecule is CC(C)C(=C[SiH2]N(C)C)C(C)C. The van der Waals surface area contributed by atoms with Crippen LogP contribution >= 0.6 is 0 Å². The van der Waals surface area contributed by atoms with Crippen LogP contribution in [0.3, 0.4) is 0 Å². The summed E-state index contributed by atoms with van der Waals surface area (Å²) in [7, 11) is 4.22. The summed E-state index contributed by atoms with van der Waals surface area (Å²) in [5, 5.41) is 0. The lowest BCUT2D eigenvalue weighted by Crippen LogP contribution is -2.17. The zero-order chi connectivity index (χ0) is 9.72. The van der Waals surface area contributed by atoms with Crippen LogP contribution < -0.4 is 0 Å². The van der Waals surface area contributed by atoms with Gasteiger partial charge in [0.2, 0.25) is 0 Å². The van der Waals surface area contributed by atoms with Crippen molar-refractivity contribution in [2.75, 3.05) is 14.1 Å². The van der Waals surface area contributed by atoms with Gasteiger partial charge in [-0.25, -0.2) is 0 Å². The van der Waals surface area contributed by atoms with Crippen molar-refractivity contribution in [3.8, 4) is 0 Å². The molecular formula is C10H23NSi. The van der Waals surface area contributed by atoms with Crippen molar-refractivity contribution in [1.29, 1.82) is 0 Å². The lowest BCUT2D eigenvalue weighted by Gasteiger charge is -2.16. The first-order valence-electron chi connectivity index (χ1n) is 4.79. The minimum Gasteiger partial charge on any atom is -0.331 e. The maximum absolute atomic E-state index is 2.50. The van der Waals surface area contributed by atoms with Gasteiger partial charge in [0, 0.05) is 0 Å². The summed E-state index contributed by atoms with van der Waals surface area (Å²) >= 11 is 0. The van der Waals surface area contributed by atoms with Crippen LogP contribution in [0.2, 0.25) is 0 Å². The standard InChI is InChI=1S/C10H23NSi/c1-8(2)10(9(3)4)7-12-11(5)6/h7-9H,12H2,1-6H3. The van der Waals surface area contributed by atoms with Crippen molar-refractivity contribution in [3.63, 3.8) is 0 Å². The monoisotopic (exact) mass is 185 g/mol. The zero-order valence-corrected chi connectivity index (χ0v) is 10.8. The zero-order valence-electron chi connectivity index (χ0n) is 9.39. The van der Waals surface area contributed by atoms with Crippen LogP contribution in [-0.2, 0) is 0 Å². The molecule has 0 aliphatic carbocycles. The Kier molecular flexibility index (Phi) is 5.50. The van der Waals surface area contributed by atoms with Crippen LogP contribution in [0.4, 0.5) is 0 Å². The van der Waals surface area contributed by atoms with Crippen LogP contribution in [0.5, 0.6) is 0 Å². The van der Waals surface area contributed by atoms with Gasteiger partial charge in [-0.1, -0.05) is 39.0 Å². The van der Waals surface area contributed by atoms with Gasteiger partial charge in [0.15, 0.2) is 0 Å². The second-order valence-corrected chi connectivity index (χ2v) is 6.31. The minimum atomic E-state index is -0.116. The fourth-order valence-corrected chi connectivity index (χ4v) is 2.94. The highest BCUT2D eigenvalue weighted by Crippen LogP contribution is 2.18. The van der Waals surface area contributed by atoms with Crippen LogP contribution in [-0.4, -0.2) is 28.3 Å². The van der Waals surface area contributed by atoms with E-state index in [0.717, 1.165) is 11.8 Å². The summed E-state index contributed by atoms with van der Waals surface area (Å²) in [5.41, 5.74) is 4.13. The highest BCUT2D eigenvalue weighted by Gasteiger charge is 2.06. The Labute approximate surface area is 79.7 Å². The quantitative estimate of drug-likeness (QED) is 0.604. The topological polar surface area (TPSA) is 3.24 Å². The van der Waals surface area contributed by atoms with E-state index >= 15 is 0 Å². The average Bonchev–Trinajstić information content (AvgIpc) is 1.84. The van der Waals surface area contributed by atoms with Crippen LogP contribution in [0.1, 0.15) is 27.7 Å². The molecule has 0 rings (SSSR count). The molecule has 0 N–H and O–H groups in total. The molecule has 2 heteroatoms. The van der Waals surface area contributed by atoms with Gasteiger partial charge in [0.25, 0.3) is 0 Å². The first-order chi connectivity index (χ1) is 5.45. The Hall–Kier alpha value is -0.0831. The molecule has 0 saturated heterocycles. The normalized spacial score (nSPS) is 12.4. The molecule has 0 aliphatic heterocycles. The molecule has 0 aromatic heterocycles. The Morgan fingerprint density at radius 3 is 1.75 bits per heavy atom. The summed E-state index contributed by atoms with van der Waals surface area (Å²) in [6, 6.07) is 0. The molecule has 0 amide bonds. The van der Waals surface area contributed by atoms with Crippen molar-refractivity contribution in [3.05, 3.63) is 11.3 Å². The van der Waals surface area contributed by atoms with Gasteiger partial charge >= 0.3 is 0 Å². The Balaban J connectivity index is 4.19. The van der Waals surface area contributed by atoms with Crippen LogP contribution in [0, 0.1) is 11.8 Å². The van der Waals surface area contributed by atoms with Gasteiger partial charge in [-0.3, -0.25) is 0 Å². The van der Waals surface area contributed by atoms with Crippen molar-refractivity contribution in [1.82, 2.24) is 4.57 Å². The van der Waals surface area contributed by atoms with Gasteiger partial charge in [-0.2, -0.15) is 0 Å². The molecule has 0 radical (unpaired) electrons. The third-order valence-corrected chi connectivity index (χ3v) is 3.41. The van der Waals surface area contributed by atoms with E-state index in [1.54, 1.807) is 5.57 Å². The minimum absolute atomic E-state index is 0.116. The number of rotatable bonds is 4. The molecule has 0 heterocycles. The van der Waals surface area contributed by atoms with E-state index in [-0.39, 0.29) is 9.68 Å². The number of hydrogen-bond donors (Lipinski definition) is 0. The fraction of sp³-hybridized carbons (Fsp3) is 0.800. The maximum Gasteiger partial charge on any atom is 0.119 e. The molecule has 0 aromatic carbocycles. The summed E-state index contributed by atoms with van der Waals surface area (Å²) in [6.45, 7) is 9.15. The summed E-state index contributed by atoms with van der Waals surface area (Å²) < 4.78 is 2.34. The molecule has 0 spiro atoms. The molecular weight excluding hydrogens is 162 g/mol. The number of nitrogens with zero attached hydrogens (tertiary/aromatic N) is 1. The first kappa shape index (κ1) is 11.9. The predicted molar refractivity (Wildman–Crippen MR) is 60.0 cm³/mol. The highest BCUT2D eigenvalue weighted by atomic mass is 28.2. The largest absolute Gasteiger partial charge is 0.331 e. The molecule has 0 bridgehead atoms. The third kappa shape index (κ3) is 4.73. The van der Waals surface area contributed by atoms with E-state index in [2.05, 4.69) is 52.1 Å². The molecule has 12 heavy (non-hydrogen) atoms. The lowest BCUT2D eigenvalue weighted by molar-refractivity contribution is 0.622. The van der Waals surface area contributed by atoms with E-state index in [0.29, 0.717) is 0 Å². The molecule has 1 nitrogen and oxygen atoms in total. The molecule has 72 valence electrons. The number of allylic oxidation sites excluding steroid dienone is 1. The summed E-state index contributed by atoms with van der Waals surface area (Å²) in [6.07, 6.45) is 0. The lowest BCUT2D eigenvalue weighted by atomic mass is 9.95. The molecule has 0 fully saturated rings. The van der Waals surface area contributed by atoms with Crippen molar-refractivity contribution < 1.29 is 0 Å². The second-order valence-electron chi connectivity index (χ2n) is 4.28.